The summed E-state index contributed by atoms with van der Waals surface area (Å²) < 4.78 is 15.9. The molecule has 126 valence electrons. The summed E-state index contributed by atoms with van der Waals surface area (Å²) in [5.74, 6) is 2.17. The number of aliphatic imine (C=N–C) groups is 1. The monoisotopic (exact) mass is 423 g/mol. The first-order chi connectivity index (χ1) is 9.80. The molecule has 0 heterocycles. The molecule has 3 N–H and O–H groups in total. The fraction of sp³-hybridized carbons (Fsp3) is 0.533. The Balaban J connectivity index is 0.00000441. The van der Waals surface area contributed by atoms with Crippen LogP contribution in [0.15, 0.2) is 17.1 Å². The van der Waals surface area contributed by atoms with E-state index in [0.717, 1.165) is 5.56 Å². The summed E-state index contributed by atoms with van der Waals surface area (Å²) in [5, 5.41) is 3.11. The number of nitrogens with zero attached hydrogens (tertiary/aromatic N) is 1. The fourth-order valence-corrected chi connectivity index (χ4v) is 1.83. The van der Waals surface area contributed by atoms with E-state index in [1.165, 1.54) is 0 Å². The lowest BCUT2D eigenvalue weighted by Crippen LogP contribution is -2.44. The average molecular weight is 423 g/mol. The Labute approximate surface area is 149 Å². The second kappa shape index (κ2) is 8.92. The van der Waals surface area contributed by atoms with E-state index in [2.05, 4.69) is 10.3 Å². The Morgan fingerprint density at radius 2 is 1.59 bits per heavy atom. The zero-order valence-electron chi connectivity index (χ0n) is 14.0. The van der Waals surface area contributed by atoms with Crippen molar-refractivity contribution in [3.63, 3.8) is 0 Å². The number of guanidine groups is 1. The van der Waals surface area contributed by atoms with Crippen molar-refractivity contribution in [3.8, 4) is 17.2 Å². The summed E-state index contributed by atoms with van der Waals surface area (Å²) in [5.41, 5.74) is 6.65. The topological polar surface area (TPSA) is 78.1 Å². The second-order valence-electron chi connectivity index (χ2n) is 5.61. The molecule has 1 aromatic rings. The highest BCUT2D eigenvalue weighted by atomic mass is 127. The van der Waals surface area contributed by atoms with Crippen LogP contribution in [0, 0.1) is 0 Å². The van der Waals surface area contributed by atoms with Gasteiger partial charge in [0.05, 0.1) is 27.9 Å². The minimum Gasteiger partial charge on any atom is -0.493 e. The van der Waals surface area contributed by atoms with Gasteiger partial charge in [0.2, 0.25) is 5.75 Å². The van der Waals surface area contributed by atoms with Crippen molar-refractivity contribution < 1.29 is 14.2 Å². The number of halogens is 1. The first-order valence-electron chi connectivity index (χ1n) is 6.67. The van der Waals surface area contributed by atoms with Crippen molar-refractivity contribution in [2.45, 2.75) is 32.9 Å². The highest BCUT2D eigenvalue weighted by Crippen LogP contribution is 2.38. The lowest BCUT2D eigenvalue weighted by atomic mass is 10.1. The van der Waals surface area contributed by atoms with Gasteiger partial charge in [0.1, 0.15) is 0 Å². The van der Waals surface area contributed by atoms with Crippen LogP contribution in [0.4, 0.5) is 0 Å². The first kappa shape index (κ1) is 20.6. The van der Waals surface area contributed by atoms with E-state index in [4.69, 9.17) is 19.9 Å². The molecule has 0 amide bonds. The van der Waals surface area contributed by atoms with Crippen LogP contribution in [-0.4, -0.2) is 32.8 Å². The Morgan fingerprint density at radius 1 is 1.09 bits per heavy atom. The molecular formula is C15H26IN3O3. The van der Waals surface area contributed by atoms with Crippen LogP contribution in [0.25, 0.3) is 0 Å². The summed E-state index contributed by atoms with van der Waals surface area (Å²) >= 11 is 0. The zero-order chi connectivity index (χ0) is 16.0. The smallest absolute Gasteiger partial charge is 0.203 e. The van der Waals surface area contributed by atoms with Gasteiger partial charge in [-0.1, -0.05) is 0 Å². The minimum atomic E-state index is -0.122. The zero-order valence-corrected chi connectivity index (χ0v) is 16.3. The molecule has 0 unspecified atom stereocenters. The van der Waals surface area contributed by atoms with Gasteiger partial charge in [-0.05, 0) is 38.5 Å². The van der Waals surface area contributed by atoms with E-state index < -0.39 is 0 Å². The Hall–Kier alpha value is -1.38. The lowest BCUT2D eigenvalue weighted by molar-refractivity contribution is 0.324. The van der Waals surface area contributed by atoms with Crippen LogP contribution in [0.3, 0.4) is 0 Å². The maximum Gasteiger partial charge on any atom is 0.203 e. The molecule has 6 nitrogen and oxygen atoms in total. The fourth-order valence-electron chi connectivity index (χ4n) is 1.83. The summed E-state index contributed by atoms with van der Waals surface area (Å²) in [4.78, 5) is 4.32. The van der Waals surface area contributed by atoms with Gasteiger partial charge in [0.25, 0.3) is 0 Å². The number of rotatable bonds is 5. The number of methoxy groups -OCH3 is 3. The van der Waals surface area contributed by atoms with Crippen LogP contribution in [0.5, 0.6) is 17.2 Å². The molecule has 1 aromatic carbocycles. The quantitative estimate of drug-likeness (QED) is 0.433. The molecular weight excluding hydrogens is 397 g/mol. The summed E-state index contributed by atoms with van der Waals surface area (Å²) in [7, 11) is 4.74. The van der Waals surface area contributed by atoms with Gasteiger partial charge < -0.3 is 25.3 Å². The largest absolute Gasteiger partial charge is 0.493 e. The summed E-state index contributed by atoms with van der Waals surface area (Å²) in [6.45, 7) is 6.49. The van der Waals surface area contributed by atoms with E-state index >= 15 is 0 Å². The SMILES string of the molecule is COc1cc(CN=C(N)NC(C)(C)C)cc(OC)c1OC.I. The highest BCUT2D eigenvalue weighted by Gasteiger charge is 2.13. The molecule has 0 atom stereocenters. The normalized spacial score (nSPS) is 11.5. The second-order valence-corrected chi connectivity index (χ2v) is 5.61. The van der Waals surface area contributed by atoms with Crippen LogP contribution in [0.2, 0.25) is 0 Å². The van der Waals surface area contributed by atoms with E-state index in [0.29, 0.717) is 29.8 Å². The maximum atomic E-state index is 5.86. The predicted molar refractivity (Wildman–Crippen MR) is 99.7 cm³/mol. The Kier molecular flexibility index (Phi) is 8.36. The van der Waals surface area contributed by atoms with Gasteiger partial charge in [-0.2, -0.15) is 0 Å². The third-order valence-electron chi connectivity index (χ3n) is 2.66. The number of hydrogen-bond acceptors (Lipinski definition) is 4. The molecule has 0 fully saturated rings. The van der Waals surface area contributed by atoms with Gasteiger partial charge in [0, 0.05) is 5.54 Å². The predicted octanol–water partition coefficient (Wildman–Crippen LogP) is 2.53. The minimum absolute atomic E-state index is 0. The lowest BCUT2D eigenvalue weighted by Gasteiger charge is -2.21. The van der Waals surface area contributed by atoms with Gasteiger partial charge in [-0.25, -0.2) is 4.99 Å². The van der Waals surface area contributed by atoms with Crippen molar-refractivity contribution >= 4 is 29.9 Å². The third kappa shape index (κ3) is 6.17. The molecule has 0 aromatic heterocycles. The molecule has 0 radical (unpaired) electrons. The van der Waals surface area contributed by atoms with E-state index in [9.17, 15) is 0 Å². The molecule has 0 aliphatic rings. The van der Waals surface area contributed by atoms with Crippen LogP contribution in [0.1, 0.15) is 26.3 Å². The highest BCUT2D eigenvalue weighted by molar-refractivity contribution is 14.0. The van der Waals surface area contributed by atoms with Crippen molar-refractivity contribution in [1.29, 1.82) is 0 Å². The van der Waals surface area contributed by atoms with Crippen molar-refractivity contribution in [1.82, 2.24) is 5.32 Å². The molecule has 0 bridgehead atoms. The van der Waals surface area contributed by atoms with Crippen LogP contribution < -0.4 is 25.3 Å². The van der Waals surface area contributed by atoms with Gasteiger partial charge in [-0.3, -0.25) is 0 Å². The third-order valence-corrected chi connectivity index (χ3v) is 2.66. The van der Waals surface area contributed by atoms with E-state index in [1.54, 1.807) is 21.3 Å². The van der Waals surface area contributed by atoms with Crippen molar-refractivity contribution in [3.05, 3.63) is 17.7 Å². The van der Waals surface area contributed by atoms with Gasteiger partial charge in [0.15, 0.2) is 17.5 Å². The summed E-state index contributed by atoms with van der Waals surface area (Å²) in [6.07, 6.45) is 0. The van der Waals surface area contributed by atoms with Crippen LogP contribution in [-0.2, 0) is 6.54 Å². The van der Waals surface area contributed by atoms with Gasteiger partial charge in [-0.15, -0.1) is 24.0 Å². The first-order valence-corrected chi connectivity index (χ1v) is 6.67. The molecule has 0 saturated heterocycles. The number of nitrogens with two attached hydrogens (primary N) is 1. The Bertz CT molecular complexity index is 488. The van der Waals surface area contributed by atoms with E-state index in [-0.39, 0.29) is 29.5 Å². The number of nitrogens with one attached hydrogen (secondary N) is 1. The number of benzene rings is 1. The van der Waals surface area contributed by atoms with Crippen molar-refractivity contribution in [2.75, 3.05) is 21.3 Å². The molecule has 0 aliphatic carbocycles. The van der Waals surface area contributed by atoms with Crippen LogP contribution >= 0.6 is 24.0 Å². The number of ether oxygens (including phenoxy) is 3. The standard InChI is InChI=1S/C15H25N3O3.HI/c1-15(2,3)18-14(16)17-9-10-7-11(19-4)13(21-6)12(8-10)20-5;/h7-8H,9H2,1-6H3,(H3,16,17,18);1H. The molecule has 22 heavy (non-hydrogen) atoms. The van der Waals surface area contributed by atoms with E-state index in [1.807, 2.05) is 32.9 Å². The summed E-state index contributed by atoms with van der Waals surface area (Å²) in [6, 6.07) is 3.71. The molecule has 7 heteroatoms. The molecule has 0 saturated carbocycles. The van der Waals surface area contributed by atoms with Gasteiger partial charge >= 0.3 is 0 Å². The maximum absolute atomic E-state index is 5.86. The molecule has 0 spiro atoms. The Morgan fingerprint density at radius 3 is 1.95 bits per heavy atom. The number of hydrogen-bond donors (Lipinski definition) is 2. The average Bonchev–Trinajstić information content (AvgIpc) is 2.41. The van der Waals surface area contributed by atoms with Crippen molar-refractivity contribution in [2.24, 2.45) is 10.7 Å². The molecule has 1 rings (SSSR count). The molecule has 0 aliphatic heterocycles.